The van der Waals surface area contributed by atoms with Crippen LogP contribution < -0.4 is 16.2 Å². The molecule has 0 saturated carbocycles. The molecule has 184 valence electrons. The summed E-state index contributed by atoms with van der Waals surface area (Å²) in [6.45, 7) is 4.33. The summed E-state index contributed by atoms with van der Waals surface area (Å²) >= 11 is 0. The number of carbonyl (C=O) groups is 1. The molecule has 0 aliphatic carbocycles. The summed E-state index contributed by atoms with van der Waals surface area (Å²) in [7, 11) is 3.14. The van der Waals surface area contributed by atoms with Crippen LogP contribution in [0.25, 0.3) is 16.6 Å². The molecule has 0 atom stereocenters. The minimum absolute atomic E-state index is 0.0847. The number of carbonyl (C=O) groups excluding carboxylic acids is 1. The van der Waals surface area contributed by atoms with Gasteiger partial charge in [-0.25, -0.2) is 14.4 Å². The molecule has 4 rings (SSSR count). The first kappa shape index (κ1) is 24.3. The number of halogens is 1. The molecule has 1 aromatic carbocycles. The molecule has 0 saturated heterocycles. The molecule has 35 heavy (non-hydrogen) atoms. The molecule has 11 heteroatoms. The molecule has 0 spiro atoms. The average Bonchev–Trinajstić information content (AvgIpc) is 3.26. The van der Waals surface area contributed by atoms with E-state index >= 15 is 0 Å². The van der Waals surface area contributed by atoms with Gasteiger partial charge in [0.15, 0.2) is 23.0 Å². The van der Waals surface area contributed by atoms with Gasteiger partial charge in [0, 0.05) is 43.2 Å². The number of fused-ring (bicyclic) bond motifs is 3. The molecule has 10 nitrogen and oxygen atoms in total. The van der Waals surface area contributed by atoms with Crippen molar-refractivity contribution in [1.82, 2.24) is 29.5 Å². The predicted octanol–water partition coefficient (Wildman–Crippen LogP) is 2.69. The Kier molecular flexibility index (Phi) is 6.53. The minimum atomic E-state index is -0.513. The number of nitrogens with zero attached hydrogens (tertiary/aromatic N) is 6. The number of methoxy groups -OCH3 is 1. The van der Waals surface area contributed by atoms with Gasteiger partial charge < -0.3 is 21.1 Å². The average molecular weight is 481 g/mol. The zero-order chi connectivity index (χ0) is 25.3. The van der Waals surface area contributed by atoms with Gasteiger partial charge in [-0.15, -0.1) is 5.10 Å². The Hall–Kier alpha value is -3.86. The lowest BCUT2D eigenvalue weighted by molar-refractivity contribution is 0.0787. The van der Waals surface area contributed by atoms with E-state index in [2.05, 4.69) is 20.1 Å². The first-order valence-corrected chi connectivity index (χ1v) is 11.3. The fourth-order valence-corrected chi connectivity index (χ4v) is 3.77. The fraction of sp³-hybridized carbons (Fsp3) is 0.375. The van der Waals surface area contributed by atoms with Crippen molar-refractivity contribution in [2.24, 2.45) is 5.73 Å². The second-order valence-corrected chi connectivity index (χ2v) is 9.07. The van der Waals surface area contributed by atoms with Crippen LogP contribution in [0.1, 0.15) is 48.6 Å². The van der Waals surface area contributed by atoms with Crippen LogP contribution in [0.3, 0.4) is 0 Å². The van der Waals surface area contributed by atoms with Crippen molar-refractivity contribution in [2.45, 2.75) is 38.6 Å². The maximum atomic E-state index is 14.3. The Bertz CT molecular complexity index is 1380. The Balaban J connectivity index is 1.39. The van der Waals surface area contributed by atoms with E-state index in [9.17, 15) is 9.18 Å². The maximum Gasteiger partial charge on any atom is 0.272 e. The number of pyridine rings is 1. The quantitative estimate of drug-likeness (QED) is 0.367. The smallest absolute Gasteiger partial charge is 0.272 e. The topological polar surface area (TPSA) is 138 Å². The number of aryl methyl sites for hydroxylation is 1. The highest BCUT2D eigenvalue weighted by molar-refractivity contribution is 5.93. The van der Waals surface area contributed by atoms with Gasteiger partial charge in [-0.05, 0) is 44.4 Å². The fourth-order valence-electron chi connectivity index (χ4n) is 3.77. The normalized spacial score (nSPS) is 11.8. The van der Waals surface area contributed by atoms with Gasteiger partial charge in [0.2, 0.25) is 5.95 Å². The van der Waals surface area contributed by atoms with E-state index in [1.807, 2.05) is 19.9 Å². The largest absolute Gasteiger partial charge is 0.494 e. The third-order valence-corrected chi connectivity index (χ3v) is 5.83. The number of rotatable bonds is 8. The van der Waals surface area contributed by atoms with Crippen molar-refractivity contribution in [1.29, 1.82) is 0 Å². The number of unbranched alkanes of at least 4 members (excludes halogenated alkanes) is 1. The number of hydrogen-bond donors (Lipinski definition) is 2. The number of aromatic nitrogens is 5. The lowest BCUT2D eigenvalue weighted by Crippen LogP contribution is -2.30. The van der Waals surface area contributed by atoms with Gasteiger partial charge in [-0.3, -0.25) is 9.78 Å². The van der Waals surface area contributed by atoms with Crippen LogP contribution in [-0.4, -0.2) is 56.1 Å². The maximum absolute atomic E-state index is 14.3. The molecular weight excluding hydrogens is 451 g/mol. The Morgan fingerprint density at radius 3 is 2.66 bits per heavy atom. The third kappa shape index (κ3) is 4.99. The summed E-state index contributed by atoms with van der Waals surface area (Å²) in [6.07, 6.45) is 3.70. The molecule has 0 aliphatic rings. The Morgan fingerprint density at radius 1 is 1.23 bits per heavy atom. The number of benzene rings is 1. The highest BCUT2D eigenvalue weighted by atomic mass is 19.1. The van der Waals surface area contributed by atoms with Crippen molar-refractivity contribution >= 4 is 28.4 Å². The third-order valence-electron chi connectivity index (χ3n) is 5.83. The van der Waals surface area contributed by atoms with E-state index < -0.39 is 11.4 Å². The van der Waals surface area contributed by atoms with Crippen molar-refractivity contribution in [2.75, 3.05) is 26.4 Å². The van der Waals surface area contributed by atoms with E-state index in [1.165, 1.54) is 23.8 Å². The molecule has 1 amide bonds. The summed E-state index contributed by atoms with van der Waals surface area (Å²) in [6, 6.07) is 6.34. The molecule has 4 aromatic rings. The molecular formula is C24H29FN8O2. The summed E-state index contributed by atoms with van der Waals surface area (Å²) in [5.41, 5.74) is 13.7. The molecule has 4 N–H and O–H groups in total. The van der Waals surface area contributed by atoms with E-state index in [1.54, 1.807) is 24.2 Å². The first-order chi connectivity index (χ1) is 16.6. The number of amides is 1. The predicted molar refractivity (Wildman–Crippen MR) is 131 cm³/mol. The Labute approximate surface area is 202 Å². The first-order valence-electron chi connectivity index (χ1n) is 11.3. The van der Waals surface area contributed by atoms with Crippen LogP contribution in [0, 0.1) is 5.82 Å². The minimum Gasteiger partial charge on any atom is -0.494 e. The van der Waals surface area contributed by atoms with Crippen molar-refractivity contribution in [3.05, 3.63) is 53.4 Å². The molecule has 0 aliphatic heterocycles. The van der Waals surface area contributed by atoms with E-state index in [-0.39, 0.29) is 17.6 Å². The zero-order valence-corrected chi connectivity index (χ0v) is 20.2. The standard InChI is InChI=1S/C24H29FN8O2/c1-24(2,27)14-8-9-17(28-13-14)22(34)32(3)10-6-5-7-20-30-21-15-11-16(25)19(35-4)12-18(15)29-23(26)33(21)31-20/h8-9,11-13H,5-7,10,27H2,1-4H3,(H2,26,29). The second-order valence-electron chi connectivity index (χ2n) is 9.07. The number of ether oxygens (including phenoxy) is 1. The number of nitrogens with two attached hydrogens (primary N) is 2. The zero-order valence-electron chi connectivity index (χ0n) is 20.2. The van der Waals surface area contributed by atoms with Crippen molar-refractivity contribution in [3.8, 4) is 5.75 Å². The van der Waals surface area contributed by atoms with Crippen molar-refractivity contribution < 1.29 is 13.9 Å². The monoisotopic (exact) mass is 480 g/mol. The summed E-state index contributed by atoms with van der Waals surface area (Å²) in [5, 5.41) is 4.92. The lowest BCUT2D eigenvalue weighted by Gasteiger charge is -2.20. The summed E-state index contributed by atoms with van der Waals surface area (Å²) in [4.78, 5) is 27.4. The van der Waals surface area contributed by atoms with Crippen molar-refractivity contribution in [3.63, 3.8) is 0 Å². The van der Waals surface area contributed by atoms with Gasteiger partial charge in [0.1, 0.15) is 5.69 Å². The van der Waals surface area contributed by atoms with E-state index in [0.717, 1.165) is 18.4 Å². The van der Waals surface area contributed by atoms with Crippen LogP contribution in [0.5, 0.6) is 5.75 Å². The van der Waals surface area contributed by atoms with Gasteiger partial charge in [-0.1, -0.05) is 6.07 Å². The second kappa shape index (κ2) is 9.41. The highest BCUT2D eigenvalue weighted by Crippen LogP contribution is 2.27. The molecule has 3 aromatic heterocycles. The van der Waals surface area contributed by atoms with Gasteiger partial charge in [0.05, 0.1) is 12.6 Å². The van der Waals surface area contributed by atoms with Crippen LogP contribution in [0.2, 0.25) is 0 Å². The van der Waals surface area contributed by atoms with Crippen LogP contribution in [0.4, 0.5) is 10.3 Å². The van der Waals surface area contributed by atoms with Gasteiger partial charge >= 0.3 is 0 Å². The number of hydrogen-bond acceptors (Lipinski definition) is 8. The molecule has 0 radical (unpaired) electrons. The van der Waals surface area contributed by atoms with Crippen LogP contribution in [-0.2, 0) is 12.0 Å². The molecule has 0 bridgehead atoms. The number of anilines is 1. The summed E-state index contributed by atoms with van der Waals surface area (Å²) < 4.78 is 20.7. The SMILES string of the molecule is COc1cc2nc(N)n3nc(CCCCN(C)C(=O)c4ccc(C(C)(C)N)cn4)nc3c2cc1F. The summed E-state index contributed by atoms with van der Waals surface area (Å²) in [5.74, 6) is 0.141. The van der Waals surface area contributed by atoms with Crippen LogP contribution >= 0.6 is 0 Å². The van der Waals surface area contributed by atoms with Crippen LogP contribution in [0.15, 0.2) is 30.5 Å². The highest BCUT2D eigenvalue weighted by Gasteiger charge is 2.18. The Morgan fingerprint density at radius 2 is 2.00 bits per heavy atom. The van der Waals surface area contributed by atoms with E-state index in [4.69, 9.17) is 16.2 Å². The lowest BCUT2D eigenvalue weighted by atomic mass is 9.97. The molecule has 3 heterocycles. The van der Waals surface area contributed by atoms with Gasteiger partial charge in [0.25, 0.3) is 5.91 Å². The molecule has 0 unspecified atom stereocenters. The molecule has 0 fully saturated rings. The number of nitrogen functional groups attached to an aromatic ring is 1. The van der Waals surface area contributed by atoms with E-state index in [0.29, 0.717) is 41.0 Å². The van der Waals surface area contributed by atoms with Gasteiger partial charge in [-0.2, -0.15) is 4.52 Å².